The Hall–Kier alpha value is -0.320. The van der Waals surface area contributed by atoms with E-state index in [0.717, 1.165) is 26.1 Å². The highest BCUT2D eigenvalue weighted by atomic mass is 35.5. The quantitative estimate of drug-likeness (QED) is 0.703. The van der Waals surface area contributed by atoms with Crippen LogP contribution in [-0.4, -0.2) is 56.1 Å². The minimum absolute atomic E-state index is 0.0625. The van der Waals surface area contributed by atoms with Gasteiger partial charge in [0.05, 0.1) is 12.7 Å². The molecule has 1 heterocycles. The van der Waals surface area contributed by atoms with Crippen molar-refractivity contribution in [3.8, 4) is 0 Å². The molecule has 1 rings (SSSR count). The van der Waals surface area contributed by atoms with Crippen molar-refractivity contribution in [2.24, 2.45) is 0 Å². The molecule has 0 bridgehead atoms. The van der Waals surface area contributed by atoms with E-state index in [1.807, 2.05) is 0 Å². The monoisotopic (exact) mass is 234 g/mol. The third-order valence-electron chi connectivity index (χ3n) is 2.41. The Labute approximate surface area is 95.9 Å². The van der Waals surface area contributed by atoms with Gasteiger partial charge in [-0.25, -0.2) is 0 Å². The summed E-state index contributed by atoms with van der Waals surface area (Å²) >= 11 is 5.50. The van der Waals surface area contributed by atoms with Crippen LogP contribution in [0.5, 0.6) is 0 Å². The molecule has 1 N–H and O–H groups in total. The first-order valence-corrected chi connectivity index (χ1v) is 5.88. The van der Waals surface area contributed by atoms with E-state index in [1.54, 1.807) is 0 Å². The number of ether oxygens (including phenoxy) is 1. The summed E-state index contributed by atoms with van der Waals surface area (Å²) in [5, 5.41) is 2.86. The lowest BCUT2D eigenvalue weighted by atomic mass is 10.2. The number of alkyl halides is 1. The zero-order valence-corrected chi connectivity index (χ0v) is 9.92. The summed E-state index contributed by atoms with van der Waals surface area (Å²) < 4.78 is 5.52. The smallest absolute Gasteiger partial charge is 0.220 e. The molecule has 1 saturated heterocycles. The third-order valence-corrected chi connectivity index (χ3v) is 2.67. The minimum atomic E-state index is 0.0625. The van der Waals surface area contributed by atoms with Gasteiger partial charge in [0.15, 0.2) is 0 Å². The second-order valence-corrected chi connectivity index (χ2v) is 4.23. The predicted molar refractivity (Wildman–Crippen MR) is 60.2 cm³/mol. The number of carbonyl (C=O) groups is 1. The number of rotatable bonds is 5. The highest BCUT2D eigenvalue weighted by molar-refractivity contribution is 6.17. The molecule has 0 aliphatic carbocycles. The van der Waals surface area contributed by atoms with Crippen LogP contribution >= 0.6 is 11.6 Å². The summed E-state index contributed by atoms with van der Waals surface area (Å²) in [4.78, 5) is 13.5. The van der Waals surface area contributed by atoms with Gasteiger partial charge in [0.2, 0.25) is 5.91 Å². The number of hydrogen-bond acceptors (Lipinski definition) is 3. The summed E-state index contributed by atoms with van der Waals surface area (Å²) in [5.41, 5.74) is 0. The van der Waals surface area contributed by atoms with Gasteiger partial charge in [-0.05, 0) is 13.5 Å². The Morgan fingerprint density at radius 2 is 2.47 bits per heavy atom. The van der Waals surface area contributed by atoms with Crippen LogP contribution in [0.3, 0.4) is 0 Å². The van der Waals surface area contributed by atoms with Gasteiger partial charge in [-0.1, -0.05) is 0 Å². The maximum absolute atomic E-state index is 11.3. The molecule has 1 amide bonds. The van der Waals surface area contributed by atoms with E-state index in [1.165, 1.54) is 0 Å². The van der Waals surface area contributed by atoms with E-state index in [2.05, 4.69) is 17.3 Å². The van der Waals surface area contributed by atoms with Gasteiger partial charge in [-0.3, -0.25) is 4.79 Å². The summed E-state index contributed by atoms with van der Waals surface area (Å²) in [6.45, 7) is 3.21. The van der Waals surface area contributed by atoms with Crippen molar-refractivity contribution in [1.29, 1.82) is 0 Å². The molecule has 0 aromatic heterocycles. The van der Waals surface area contributed by atoms with Crippen LogP contribution in [0, 0.1) is 0 Å². The number of nitrogens with one attached hydrogen (secondary N) is 1. The topological polar surface area (TPSA) is 41.6 Å². The Morgan fingerprint density at radius 3 is 3.13 bits per heavy atom. The van der Waals surface area contributed by atoms with E-state index in [9.17, 15) is 4.79 Å². The second kappa shape index (κ2) is 7.04. The van der Waals surface area contributed by atoms with Crippen LogP contribution in [0.1, 0.15) is 12.8 Å². The van der Waals surface area contributed by atoms with Gasteiger partial charge in [-0.15, -0.1) is 11.6 Å². The lowest BCUT2D eigenvalue weighted by molar-refractivity contribution is -0.122. The van der Waals surface area contributed by atoms with E-state index in [4.69, 9.17) is 16.3 Å². The van der Waals surface area contributed by atoms with Gasteiger partial charge < -0.3 is 15.0 Å². The maximum Gasteiger partial charge on any atom is 0.220 e. The molecule has 15 heavy (non-hydrogen) atoms. The molecule has 4 nitrogen and oxygen atoms in total. The van der Waals surface area contributed by atoms with Crippen LogP contribution in [-0.2, 0) is 9.53 Å². The molecule has 1 aliphatic heterocycles. The molecular weight excluding hydrogens is 216 g/mol. The molecule has 1 fully saturated rings. The van der Waals surface area contributed by atoms with Gasteiger partial charge >= 0.3 is 0 Å². The maximum atomic E-state index is 11.3. The zero-order chi connectivity index (χ0) is 11.1. The Morgan fingerprint density at radius 1 is 1.67 bits per heavy atom. The van der Waals surface area contributed by atoms with Crippen molar-refractivity contribution >= 4 is 17.5 Å². The minimum Gasteiger partial charge on any atom is -0.374 e. The van der Waals surface area contributed by atoms with Crippen molar-refractivity contribution in [3.63, 3.8) is 0 Å². The lowest BCUT2D eigenvalue weighted by Gasteiger charge is -2.30. The molecule has 1 aliphatic rings. The molecular formula is C10H19ClN2O2. The number of morpholine rings is 1. The number of carbonyl (C=O) groups excluding carboxylic acids is 1. The van der Waals surface area contributed by atoms with Crippen molar-refractivity contribution in [2.75, 3.05) is 39.2 Å². The largest absolute Gasteiger partial charge is 0.374 e. The Balaban J connectivity index is 2.10. The standard InChI is InChI=1S/C10H19ClN2O2/c1-13-5-6-15-9(8-13)7-12-10(14)3-2-4-11/h9H,2-8H2,1H3,(H,12,14). The van der Waals surface area contributed by atoms with Gasteiger partial charge in [0.25, 0.3) is 0 Å². The molecule has 0 saturated carbocycles. The average Bonchev–Trinajstić information content (AvgIpc) is 2.23. The summed E-state index contributed by atoms with van der Waals surface area (Å²) in [5.74, 6) is 0.600. The molecule has 0 radical (unpaired) electrons. The average molecular weight is 235 g/mol. The number of nitrogens with zero attached hydrogens (tertiary/aromatic N) is 1. The van der Waals surface area contributed by atoms with Crippen LogP contribution in [0.2, 0.25) is 0 Å². The normalized spacial score (nSPS) is 22.7. The van der Waals surface area contributed by atoms with E-state index < -0.39 is 0 Å². The summed E-state index contributed by atoms with van der Waals surface area (Å²) in [7, 11) is 2.06. The first-order valence-electron chi connectivity index (χ1n) is 5.35. The fourth-order valence-electron chi connectivity index (χ4n) is 1.53. The second-order valence-electron chi connectivity index (χ2n) is 3.85. The number of amides is 1. The van der Waals surface area contributed by atoms with Crippen molar-refractivity contribution in [1.82, 2.24) is 10.2 Å². The van der Waals surface area contributed by atoms with Gasteiger partial charge in [0, 0.05) is 31.9 Å². The van der Waals surface area contributed by atoms with Crippen LogP contribution in [0.25, 0.3) is 0 Å². The van der Waals surface area contributed by atoms with Crippen molar-refractivity contribution in [3.05, 3.63) is 0 Å². The van der Waals surface area contributed by atoms with Gasteiger partial charge in [-0.2, -0.15) is 0 Å². The molecule has 88 valence electrons. The van der Waals surface area contributed by atoms with Crippen molar-refractivity contribution in [2.45, 2.75) is 18.9 Å². The summed E-state index contributed by atoms with van der Waals surface area (Å²) in [6.07, 6.45) is 1.37. The van der Waals surface area contributed by atoms with Crippen LogP contribution < -0.4 is 5.32 Å². The van der Waals surface area contributed by atoms with E-state index in [0.29, 0.717) is 18.8 Å². The first-order chi connectivity index (χ1) is 7.22. The highest BCUT2D eigenvalue weighted by Gasteiger charge is 2.17. The Kier molecular flexibility index (Phi) is 5.98. The van der Waals surface area contributed by atoms with Crippen molar-refractivity contribution < 1.29 is 9.53 Å². The molecule has 1 unspecified atom stereocenters. The Bertz CT molecular complexity index is 202. The molecule has 1 atom stereocenters. The van der Waals surface area contributed by atoms with E-state index in [-0.39, 0.29) is 12.0 Å². The highest BCUT2D eigenvalue weighted by Crippen LogP contribution is 2.01. The summed E-state index contributed by atoms with van der Waals surface area (Å²) in [6, 6.07) is 0. The number of halogens is 1. The van der Waals surface area contributed by atoms with Crippen LogP contribution in [0.15, 0.2) is 0 Å². The zero-order valence-electron chi connectivity index (χ0n) is 9.17. The van der Waals surface area contributed by atoms with Crippen LogP contribution in [0.4, 0.5) is 0 Å². The molecule has 0 aromatic rings. The SMILES string of the molecule is CN1CCOC(CNC(=O)CCCCl)C1. The fourth-order valence-corrected chi connectivity index (χ4v) is 1.67. The number of hydrogen-bond donors (Lipinski definition) is 1. The number of likely N-dealkylation sites (N-methyl/N-ethyl adjacent to an activating group) is 1. The fraction of sp³-hybridized carbons (Fsp3) is 0.900. The molecule has 0 spiro atoms. The molecule has 0 aromatic carbocycles. The van der Waals surface area contributed by atoms with Gasteiger partial charge in [0.1, 0.15) is 0 Å². The molecule has 5 heteroatoms. The predicted octanol–water partition coefficient (Wildman–Crippen LogP) is 0.452. The lowest BCUT2D eigenvalue weighted by Crippen LogP contribution is -2.45. The van der Waals surface area contributed by atoms with E-state index >= 15 is 0 Å². The third kappa shape index (κ3) is 5.35. The first kappa shape index (κ1) is 12.7.